The molecule has 0 aliphatic carbocycles. The Labute approximate surface area is 141 Å². The van der Waals surface area contributed by atoms with E-state index in [1.54, 1.807) is 18.2 Å². The van der Waals surface area contributed by atoms with Crippen LogP contribution in [0, 0.1) is 13.8 Å². The van der Waals surface area contributed by atoms with Crippen LogP contribution >= 0.6 is 0 Å². The number of ether oxygens (including phenoxy) is 1. The zero-order valence-corrected chi connectivity index (χ0v) is 14.0. The number of unbranched alkanes of at least 4 members (excludes halogenated alkanes) is 2. The van der Waals surface area contributed by atoms with Gasteiger partial charge in [-0.2, -0.15) is 0 Å². The predicted octanol–water partition coefficient (Wildman–Crippen LogP) is 3.27. The topological polar surface area (TPSA) is 92.8 Å². The van der Waals surface area contributed by atoms with E-state index in [2.05, 4.69) is 5.16 Å². The Kier molecular flexibility index (Phi) is 6.37. The standard InChI is InChI=1S/C18H23NO5/c1-12-8-14(18(21)22)9-13(2)17(12)23-7-5-3-4-6-16-10-15(11-20)19-24-16/h8-10,20H,3-7,11H2,1-2H3,(H,21,22). The van der Waals surface area contributed by atoms with Gasteiger partial charge in [-0.3, -0.25) is 0 Å². The van der Waals surface area contributed by atoms with E-state index in [9.17, 15) is 4.79 Å². The highest BCUT2D eigenvalue weighted by atomic mass is 16.5. The van der Waals surface area contributed by atoms with Crippen molar-refractivity contribution in [1.29, 1.82) is 0 Å². The average Bonchev–Trinajstić information content (AvgIpc) is 3.00. The molecule has 130 valence electrons. The highest BCUT2D eigenvalue weighted by Crippen LogP contribution is 2.25. The molecule has 1 aromatic carbocycles. The molecule has 0 saturated heterocycles. The first-order valence-electron chi connectivity index (χ1n) is 8.04. The van der Waals surface area contributed by atoms with E-state index in [-0.39, 0.29) is 12.2 Å². The number of nitrogens with zero attached hydrogens (tertiary/aromatic N) is 1. The Bertz CT molecular complexity index is 669. The summed E-state index contributed by atoms with van der Waals surface area (Å²) in [6, 6.07) is 5.04. The van der Waals surface area contributed by atoms with Gasteiger partial charge >= 0.3 is 5.97 Å². The summed E-state index contributed by atoms with van der Waals surface area (Å²) in [5.41, 5.74) is 2.52. The van der Waals surface area contributed by atoms with Crippen LogP contribution in [-0.4, -0.2) is 27.9 Å². The molecule has 0 radical (unpaired) electrons. The van der Waals surface area contributed by atoms with Crippen molar-refractivity contribution in [2.45, 2.75) is 46.1 Å². The molecule has 0 fully saturated rings. The lowest BCUT2D eigenvalue weighted by atomic mass is 10.1. The number of aliphatic hydroxyl groups excluding tert-OH is 1. The number of aromatic nitrogens is 1. The third-order valence-electron chi connectivity index (χ3n) is 3.79. The van der Waals surface area contributed by atoms with Crippen molar-refractivity contribution in [2.24, 2.45) is 0 Å². The molecule has 6 heteroatoms. The molecule has 1 aromatic heterocycles. The maximum Gasteiger partial charge on any atom is 0.335 e. The summed E-state index contributed by atoms with van der Waals surface area (Å²) in [6.45, 7) is 4.21. The summed E-state index contributed by atoms with van der Waals surface area (Å²) >= 11 is 0. The third kappa shape index (κ3) is 4.83. The van der Waals surface area contributed by atoms with Gasteiger partial charge in [0.1, 0.15) is 17.2 Å². The third-order valence-corrected chi connectivity index (χ3v) is 3.79. The fourth-order valence-corrected chi connectivity index (χ4v) is 2.60. The van der Waals surface area contributed by atoms with Crippen molar-refractivity contribution < 1.29 is 24.3 Å². The summed E-state index contributed by atoms with van der Waals surface area (Å²) in [6.07, 6.45) is 3.64. The van der Waals surface area contributed by atoms with E-state index in [1.807, 2.05) is 13.8 Å². The van der Waals surface area contributed by atoms with Gasteiger partial charge in [0.05, 0.1) is 18.8 Å². The molecule has 2 aromatic rings. The fourth-order valence-electron chi connectivity index (χ4n) is 2.60. The van der Waals surface area contributed by atoms with Gasteiger partial charge in [-0.15, -0.1) is 0 Å². The average molecular weight is 333 g/mol. The smallest absolute Gasteiger partial charge is 0.335 e. The van der Waals surface area contributed by atoms with Crippen LogP contribution in [0.4, 0.5) is 0 Å². The van der Waals surface area contributed by atoms with Crippen molar-refractivity contribution in [3.05, 3.63) is 46.3 Å². The quantitative estimate of drug-likeness (QED) is 0.684. The van der Waals surface area contributed by atoms with Crippen LogP contribution in [0.3, 0.4) is 0 Å². The van der Waals surface area contributed by atoms with Crippen molar-refractivity contribution in [3.8, 4) is 5.75 Å². The number of benzene rings is 1. The predicted molar refractivity (Wildman–Crippen MR) is 88.4 cm³/mol. The Hall–Kier alpha value is -2.34. The molecular weight excluding hydrogens is 310 g/mol. The Morgan fingerprint density at radius 1 is 1.17 bits per heavy atom. The first kappa shape index (κ1) is 18.0. The number of hydrogen-bond donors (Lipinski definition) is 2. The maximum atomic E-state index is 11.0. The first-order chi connectivity index (χ1) is 11.5. The van der Waals surface area contributed by atoms with Gasteiger partial charge in [0, 0.05) is 12.5 Å². The zero-order chi connectivity index (χ0) is 17.5. The van der Waals surface area contributed by atoms with Crippen molar-refractivity contribution in [2.75, 3.05) is 6.61 Å². The summed E-state index contributed by atoms with van der Waals surface area (Å²) < 4.78 is 10.9. The minimum Gasteiger partial charge on any atom is -0.493 e. The van der Waals surface area contributed by atoms with Crippen molar-refractivity contribution >= 4 is 5.97 Å². The summed E-state index contributed by atoms with van der Waals surface area (Å²) in [5.74, 6) is 0.628. The molecular formula is C18H23NO5. The minimum atomic E-state index is -0.926. The Balaban J connectivity index is 1.73. The molecule has 0 atom stereocenters. The summed E-state index contributed by atoms with van der Waals surface area (Å²) in [5, 5.41) is 21.7. The second-order valence-electron chi connectivity index (χ2n) is 5.85. The molecule has 0 spiro atoms. The first-order valence-corrected chi connectivity index (χ1v) is 8.04. The van der Waals surface area contributed by atoms with E-state index < -0.39 is 5.97 Å². The second kappa shape index (κ2) is 8.49. The minimum absolute atomic E-state index is 0.100. The van der Waals surface area contributed by atoms with E-state index in [1.165, 1.54) is 0 Å². The summed E-state index contributed by atoms with van der Waals surface area (Å²) in [4.78, 5) is 11.0. The van der Waals surface area contributed by atoms with E-state index in [0.717, 1.165) is 48.3 Å². The molecule has 0 amide bonds. The lowest BCUT2D eigenvalue weighted by molar-refractivity contribution is 0.0696. The molecule has 6 nitrogen and oxygen atoms in total. The number of aryl methyl sites for hydroxylation is 3. The molecule has 2 rings (SSSR count). The molecule has 0 aliphatic heterocycles. The van der Waals surface area contributed by atoms with Crippen LogP contribution < -0.4 is 4.74 Å². The van der Waals surface area contributed by atoms with Gasteiger partial charge in [0.15, 0.2) is 0 Å². The molecule has 0 saturated carbocycles. The second-order valence-corrected chi connectivity index (χ2v) is 5.85. The highest BCUT2D eigenvalue weighted by Gasteiger charge is 2.10. The van der Waals surface area contributed by atoms with Crippen LogP contribution in [0.25, 0.3) is 0 Å². The monoisotopic (exact) mass is 333 g/mol. The van der Waals surface area contributed by atoms with Gasteiger partial charge in [0.25, 0.3) is 0 Å². The van der Waals surface area contributed by atoms with Gasteiger partial charge in [-0.05, 0) is 56.4 Å². The molecule has 0 aliphatic rings. The molecule has 0 bridgehead atoms. The number of carbonyl (C=O) groups is 1. The van der Waals surface area contributed by atoms with E-state index in [0.29, 0.717) is 12.3 Å². The van der Waals surface area contributed by atoms with E-state index in [4.69, 9.17) is 19.5 Å². The van der Waals surface area contributed by atoms with Crippen LogP contribution in [-0.2, 0) is 13.0 Å². The van der Waals surface area contributed by atoms with Gasteiger partial charge in [-0.1, -0.05) is 5.16 Å². The number of carboxylic acid groups (broad SMARTS) is 1. The zero-order valence-electron chi connectivity index (χ0n) is 14.0. The van der Waals surface area contributed by atoms with Crippen molar-refractivity contribution in [3.63, 3.8) is 0 Å². The molecule has 24 heavy (non-hydrogen) atoms. The number of rotatable bonds is 9. The van der Waals surface area contributed by atoms with Crippen LogP contribution in [0.1, 0.15) is 52.2 Å². The highest BCUT2D eigenvalue weighted by molar-refractivity contribution is 5.88. The van der Waals surface area contributed by atoms with Gasteiger partial charge < -0.3 is 19.5 Å². The SMILES string of the molecule is Cc1cc(C(=O)O)cc(C)c1OCCCCCc1cc(CO)no1. The van der Waals surface area contributed by atoms with Crippen LogP contribution in [0.15, 0.2) is 22.7 Å². The van der Waals surface area contributed by atoms with E-state index >= 15 is 0 Å². The molecule has 1 heterocycles. The molecule has 2 N–H and O–H groups in total. The normalized spacial score (nSPS) is 10.8. The number of carboxylic acids is 1. The van der Waals surface area contributed by atoms with Crippen LogP contribution in [0.2, 0.25) is 0 Å². The summed E-state index contributed by atoms with van der Waals surface area (Å²) in [7, 11) is 0. The number of hydrogen-bond acceptors (Lipinski definition) is 5. The lowest BCUT2D eigenvalue weighted by Crippen LogP contribution is -2.04. The largest absolute Gasteiger partial charge is 0.493 e. The number of aromatic carboxylic acids is 1. The van der Waals surface area contributed by atoms with Gasteiger partial charge in [0.2, 0.25) is 0 Å². The van der Waals surface area contributed by atoms with Crippen molar-refractivity contribution in [1.82, 2.24) is 5.16 Å². The number of aliphatic hydroxyl groups is 1. The Morgan fingerprint density at radius 2 is 1.88 bits per heavy atom. The maximum absolute atomic E-state index is 11.0. The van der Waals surface area contributed by atoms with Gasteiger partial charge in [-0.25, -0.2) is 4.79 Å². The lowest BCUT2D eigenvalue weighted by Gasteiger charge is -2.13. The molecule has 0 unspecified atom stereocenters. The Morgan fingerprint density at radius 3 is 2.46 bits per heavy atom. The fraction of sp³-hybridized carbons (Fsp3) is 0.444. The van der Waals surface area contributed by atoms with Crippen LogP contribution in [0.5, 0.6) is 5.75 Å².